The number of aliphatic carboxylic acids is 1. The molecule has 0 spiro atoms. The molecular weight excluding hydrogens is 452 g/mol. The largest absolute Gasteiger partial charge is 0.481 e. The van der Waals surface area contributed by atoms with Crippen LogP contribution in [0.15, 0.2) is 43.0 Å². The van der Waals surface area contributed by atoms with Gasteiger partial charge in [0.05, 0.1) is 46.7 Å². The molecule has 176 valence electrons. The van der Waals surface area contributed by atoms with Crippen LogP contribution in [0.2, 0.25) is 0 Å². The first kappa shape index (κ1) is 21.6. The molecule has 2 N–H and O–H groups in total. The molecule has 0 saturated carbocycles. The van der Waals surface area contributed by atoms with Crippen LogP contribution in [0.4, 0.5) is 0 Å². The molecule has 3 unspecified atom stereocenters. The number of ether oxygens (including phenoxy) is 1. The van der Waals surface area contributed by atoms with Gasteiger partial charge < -0.3 is 9.84 Å². The minimum absolute atomic E-state index is 0.0312. The van der Waals surface area contributed by atoms with E-state index in [9.17, 15) is 9.90 Å². The van der Waals surface area contributed by atoms with E-state index in [0.717, 1.165) is 52.6 Å². The Balaban J connectivity index is 1.36. The van der Waals surface area contributed by atoms with Crippen LogP contribution in [0.25, 0.3) is 21.1 Å². The van der Waals surface area contributed by atoms with Gasteiger partial charge in [-0.25, -0.2) is 9.97 Å². The second kappa shape index (κ2) is 9.03. The molecule has 2 aliphatic rings. The van der Waals surface area contributed by atoms with Crippen molar-refractivity contribution in [2.75, 3.05) is 32.8 Å². The molecule has 10 heteroatoms. The predicted octanol–water partition coefficient (Wildman–Crippen LogP) is 3.44. The van der Waals surface area contributed by atoms with Crippen LogP contribution in [0, 0.1) is 5.92 Å². The minimum Gasteiger partial charge on any atom is -0.481 e. The molecule has 2 aliphatic heterocycles. The lowest BCUT2D eigenvalue weighted by molar-refractivity contribution is -0.145. The molecular formula is C24H26N6O3S. The molecule has 0 amide bonds. The lowest BCUT2D eigenvalue weighted by atomic mass is 9.97. The number of aromatic amines is 1. The van der Waals surface area contributed by atoms with Crippen LogP contribution in [-0.2, 0) is 9.53 Å². The van der Waals surface area contributed by atoms with E-state index in [1.165, 1.54) is 4.88 Å². The van der Waals surface area contributed by atoms with Crippen molar-refractivity contribution in [1.29, 1.82) is 0 Å². The number of nitrogens with one attached hydrogen (secondary N) is 1. The number of carbonyl (C=O) groups is 1. The Bertz CT molecular complexity index is 1290. The summed E-state index contributed by atoms with van der Waals surface area (Å²) in [5, 5.41) is 18.1. The topological polar surface area (TPSA) is 107 Å². The van der Waals surface area contributed by atoms with E-state index in [0.29, 0.717) is 19.7 Å². The van der Waals surface area contributed by atoms with Gasteiger partial charge in [0.15, 0.2) is 0 Å². The van der Waals surface area contributed by atoms with Gasteiger partial charge in [-0.05, 0) is 30.5 Å². The molecule has 2 fully saturated rings. The molecule has 3 aromatic heterocycles. The third-order valence-corrected chi connectivity index (χ3v) is 8.02. The van der Waals surface area contributed by atoms with Gasteiger partial charge in [-0.2, -0.15) is 5.10 Å². The molecule has 34 heavy (non-hydrogen) atoms. The molecule has 2 saturated heterocycles. The average Bonchev–Trinajstić information content (AvgIpc) is 3.51. The van der Waals surface area contributed by atoms with E-state index in [4.69, 9.17) is 4.74 Å². The lowest BCUT2D eigenvalue weighted by Gasteiger charge is -2.45. The minimum atomic E-state index is -0.711. The van der Waals surface area contributed by atoms with Gasteiger partial charge >= 0.3 is 5.97 Å². The summed E-state index contributed by atoms with van der Waals surface area (Å²) in [7, 11) is 0. The van der Waals surface area contributed by atoms with Crippen LogP contribution < -0.4 is 0 Å². The van der Waals surface area contributed by atoms with Gasteiger partial charge in [-0.15, -0.1) is 11.3 Å². The Hall–Kier alpha value is -2.92. The Morgan fingerprint density at radius 3 is 3.03 bits per heavy atom. The Morgan fingerprint density at radius 2 is 2.15 bits per heavy atom. The molecule has 4 aromatic rings. The van der Waals surface area contributed by atoms with Gasteiger partial charge in [-0.1, -0.05) is 12.1 Å². The number of hydrogen-bond donors (Lipinski definition) is 2. The van der Waals surface area contributed by atoms with Crippen molar-refractivity contribution in [3.8, 4) is 0 Å². The van der Waals surface area contributed by atoms with Gasteiger partial charge in [0.2, 0.25) is 0 Å². The monoisotopic (exact) mass is 478 g/mol. The fraction of sp³-hybridized carbons (Fsp3) is 0.417. The Kier molecular flexibility index (Phi) is 5.74. The third-order valence-electron chi connectivity index (χ3n) is 6.93. The van der Waals surface area contributed by atoms with Gasteiger partial charge in [0, 0.05) is 42.6 Å². The van der Waals surface area contributed by atoms with E-state index in [1.807, 2.05) is 24.5 Å². The molecule has 5 heterocycles. The zero-order valence-electron chi connectivity index (χ0n) is 18.6. The number of carboxylic acid groups (broad SMARTS) is 1. The fourth-order valence-electron chi connectivity index (χ4n) is 5.30. The number of rotatable bonds is 5. The zero-order valence-corrected chi connectivity index (χ0v) is 19.4. The summed E-state index contributed by atoms with van der Waals surface area (Å²) in [6.07, 6.45) is 6.77. The van der Waals surface area contributed by atoms with Crippen LogP contribution in [0.1, 0.15) is 35.6 Å². The quantitative estimate of drug-likeness (QED) is 0.449. The van der Waals surface area contributed by atoms with Gasteiger partial charge in [0.1, 0.15) is 6.33 Å². The SMILES string of the molecule is O=C(O)C1CCCN(C(c2cc3ncncc3s2)N2CCOC(c3cccc4[nH]ncc34)C2)C1. The maximum Gasteiger partial charge on any atom is 0.307 e. The zero-order chi connectivity index (χ0) is 23.1. The van der Waals surface area contributed by atoms with Crippen molar-refractivity contribution in [3.05, 3.63) is 53.4 Å². The molecule has 0 radical (unpaired) electrons. The summed E-state index contributed by atoms with van der Waals surface area (Å²) >= 11 is 1.69. The summed E-state index contributed by atoms with van der Waals surface area (Å²) in [5.41, 5.74) is 3.05. The molecule has 3 atom stereocenters. The summed E-state index contributed by atoms with van der Waals surface area (Å²) in [5.74, 6) is -1.06. The van der Waals surface area contributed by atoms with Gasteiger partial charge in [-0.3, -0.25) is 19.7 Å². The van der Waals surface area contributed by atoms with Crippen molar-refractivity contribution in [2.45, 2.75) is 25.1 Å². The number of fused-ring (bicyclic) bond motifs is 2. The van der Waals surface area contributed by atoms with Gasteiger partial charge in [0.25, 0.3) is 0 Å². The average molecular weight is 479 g/mol. The Morgan fingerprint density at radius 1 is 1.24 bits per heavy atom. The van der Waals surface area contributed by atoms with E-state index in [2.05, 4.69) is 42.1 Å². The Labute approximate surface area is 200 Å². The normalized spacial score (nSPS) is 23.4. The number of nitrogens with zero attached hydrogens (tertiary/aromatic N) is 5. The maximum absolute atomic E-state index is 11.8. The van der Waals surface area contributed by atoms with E-state index in [1.54, 1.807) is 17.7 Å². The van der Waals surface area contributed by atoms with E-state index in [-0.39, 0.29) is 18.2 Å². The second-order valence-corrected chi connectivity index (χ2v) is 10.1. The fourth-order valence-corrected chi connectivity index (χ4v) is 6.46. The second-order valence-electron chi connectivity index (χ2n) is 9.00. The predicted molar refractivity (Wildman–Crippen MR) is 128 cm³/mol. The lowest BCUT2D eigenvalue weighted by Crippen LogP contribution is -2.50. The third kappa shape index (κ3) is 3.96. The number of hydrogen-bond acceptors (Lipinski definition) is 8. The number of likely N-dealkylation sites (tertiary alicyclic amines) is 1. The van der Waals surface area contributed by atoms with Crippen LogP contribution in [0.5, 0.6) is 0 Å². The maximum atomic E-state index is 11.8. The van der Waals surface area contributed by atoms with E-state index < -0.39 is 5.97 Å². The molecule has 1 aromatic carbocycles. The number of piperidine rings is 1. The summed E-state index contributed by atoms with van der Waals surface area (Å²) in [4.78, 5) is 26.4. The summed E-state index contributed by atoms with van der Waals surface area (Å²) in [6.45, 7) is 3.50. The molecule has 0 aliphatic carbocycles. The smallest absolute Gasteiger partial charge is 0.307 e. The van der Waals surface area contributed by atoms with Crippen molar-refractivity contribution in [2.24, 2.45) is 5.92 Å². The molecule has 0 bridgehead atoms. The highest BCUT2D eigenvalue weighted by Gasteiger charge is 2.37. The van der Waals surface area contributed by atoms with Crippen molar-refractivity contribution in [3.63, 3.8) is 0 Å². The molecule has 9 nitrogen and oxygen atoms in total. The molecule has 6 rings (SSSR count). The standard InChI is InChI=1S/C24H26N6O3S/c31-24(32)15-3-2-6-29(12-15)23(21-9-19-22(34-21)11-25-14-26-19)30-7-8-33-20(13-30)16-4-1-5-18-17(16)10-27-28-18/h1,4-5,9-11,14-15,20,23H,2-3,6-8,12-13H2,(H,27,28)(H,31,32). The van der Waals surface area contributed by atoms with E-state index >= 15 is 0 Å². The summed E-state index contributed by atoms with van der Waals surface area (Å²) in [6, 6.07) is 8.30. The van der Waals surface area contributed by atoms with Crippen molar-refractivity contribution < 1.29 is 14.6 Å². The number of aromatic nitrogens is 4. The van der Waals surface area contributed by atoms with Crippen LogP contribution >= 0.6 is 11.3 Å². The first-order valence-corrected chi connectivity index (χ1v) is 12.4. The first-order valence-electron chi connectivity index (χ1n) is 11.6. The number of morpholine rings is 1. The highest BCUT2D eigenvalue weighted by molar-refractivity contribution is 7.19. The number of thiophene rings is 1. The van der Waals surface area contributed by atoms with Crippen molar-refractivity contribution >= 4 is 38.4 Å². The number of H-pyrrole nitrogens is 1. The summed E-state index contributed by atoms with van der Waals surface area (Å²) < 4.78 is 7.29. The number of benzene rings is 1. The first-order chi connectivity index (χ1) is 16.7. The highest BCUT2D eigenvalue weighted by Crippen LogP contribution is 2.39. The van der Waals surface area contributed by atoms with Crippen LogP contribution in [-0.4, -0.2) is 73.8 Å². The number of carboxylic acids is 1. The van der Waals surface area contributed by atoms with Crippen molar-refractivity contribution in [1.82, 2.24) is 30.0 Å². The van der Waals surface area contributed by atoms with Crippen LogP contribution in [0.3, 0.4) is 0 Å². The highest BCUT2D eigenvalue weighted by atomic mass is 32.1.